The molecule has 14 aromatic rings. The monoisotopic (exact) mass is 750 g/mol. The van der Waals surface area contributed by atoms with E-state index in [2.05, 4.69) is 155 Å². The van der Waals surface area contributed by atoms with Crippen molar-refractivity contribution in [1.29, 1.82) is 0 Å². The van der Waals surface area contributed by atoms with Crippen LogP contribution < -0.4 is 0 Å². The van der Waals surface area contributed by atoms with Gasteiger partial charge in [-0.1, -0.05) is 127 Å². The lowest BCUT2D eigenvalue weighted by atomic mass is 10.0. The summed E-state index contributed by atoms with van der Waals surface area (Å²) in [4.78, 5) is 10.6. The zero-order valence-electron chi connectivity index (χ0n) is 31.5. The van der Waals surface area contributed by atoms with Gasteiger partial charge < -0.3 is 13.4 Å². The minimum atomic E-state index is 0.666. The molecule has 272 valence electrons. The van der Waals surface area contributed by atoms with Crippen LogP contribution in [0.2, 0.25) is 0 Å². The molecule has 0 aliphatic rings. The number of para-hydroxylation sites is 3. The molecule has 59 heavy (non-hydrogen) atoms. The van der Waals surface area contributed by atoms with E-state index in [1.165, 1.54) is 70.7 Å². The Morgan fingerprint density at radius 3 is 1.98 bits per heavy atom. The molecule has 5 heteroatoms. The van der Waals surface area contributed by atoms with Gasteiger partial charge >= 0.3 is 0 Å². The van der Waals surface area contributed by atoms with Crippen LogP contribution in [-0.2, 0) is 0 Å². The van der Waals surface area contributed by atoms with Crippen LogP contribution in [-0.4, -0.2) is 18.9 Å². The van der Waals surface area contributed by atoms with Crippen molar-refractivity contribution >= 4 is 104 Å². The second kappa shape index (κ2) is 11.3. The van der Waals surface area contributed by atoms with Gasteiger partial charge in [-0.25, -0.2) is 9.97 Å². The van der Waals surface area contributed by atoms with Crippen LogP contribution in [0.3, 0.4) is 0 Å². The molecule has 5 aromatic heterocycles. The zero-order chi connectivity index (χ0) is 38.3. The number of benzene rings is 9. The van der Waals surface area contributed by atoms with Crippen molar-refractivity contribution in [3.05, 3.63) is 182 Å². The molecule has 0 radical (unpaired) electrons. The maximum absolute atomic E-state index is 6.45. The lowest BCUT2D eigenvalue weighted by Crippen LogP contribution is -1.98. The van der Waals surface area contributed by atoms with E-state index in [0.717, 1.165) is 49.8 Å². The van der Waals surface area contributed by atoms with E-state index < -0.39 is 0 Å². The van der Waals surface area contributed by atoms with E-state index >= 15 is 0 Å². The fourth-order valence-corrected chi connectivity index (χ4v) is 10.1. The first kappa shape index (κ1) is 31.1. The summed E-state index contributed by atoms with van der Waals surface area (Å²) in [5.41, 5.74) is 12.3. The Bertz CT molecular complexity index is 4080. The van der Waals surface area contributed by atoms with Crippen molar-refractivity contribution in [2.45, 2.75) is 0 Å². The fourth-order valence-electron chi connectivity index (χ4n) is 10.1. The molecule has 5 heterocycles. The third-order valence-electron chi connectivity index (χ3n) is 12.6. The summed E-state index contributed by atoms with van der Waals surface area (Å²) in [5.74, 6) is 0.666. The first-order chi connectivity index (χ1) is 29.3. The Morgan fingerprint density at radius 1 is 0.424 bits per heavy atom. The fraction of sp³-hybridized carbons (Fsp3) is 0. The summed E-state index contributed by atoms with van der Waals surface area (Å²) in [5, 5.41) is 13.3. The topological polar surface area (TPSA) is 48.3 Å². The van der Waals surface area contributed by atoms with Gasteiger partial charge in [-0.2, -0.15) is 0 Å². The van der Waals surface area contributed by atoms with E-state index in [0.29, 0.717) is 11.4 Å². The van der Waals surface area contributed by atoms with Gasteiger partial charge in [0, 0.05) is 54.2 Å². The molecule has 9 aromatic carbocycles. The van der Waals surface area contributed by atoms with Crippen molar-refractivity contribution in [3.8, 4) is 28.3 Å². The smallest absolute Gasteiger partial charge is 0.180 e. The van der Waals surface area contributed by atoms with Crippen molar-refractivity contribution in [2.75, 3.05) is 0 Å². The summed E-state index contributed by atoms with van der Waals surface area (Å²) in [6.45, 7) is 0. The number of fused-ring (bicyclic) bond motifs is 15. The standard InChI is InChI=1S/C54H30N4O/c1-2-13-31(14-3-1)50-53-51(39-20-9-11-24-47(39)59-53)56-54(55-50)38-25-26-43(35-18-7-6-17-34(35)38)57-44-27-28-45-48(49(44)41-29-32-15-4-5-16-33(32)30-46(41)57)40-22-12-21-37-36-19-8-10-23-42(36)58(45)52(37)40/h1-30H. The predicted molar refractivity (Wildman–Crippen MR) is 244 cm³/mol. The Labute approximate surface area is 335 Å². The molecule has 14 rings (SSSR count). The number of hydrogen-bond donors (Lipinski definition) is 0. The summed E-state index contributed by atoms with van der Waals surface area (Å²) < 4.78 is 11.4. The van der Waals surface area contributed by atoms with Gasteiger partial charge in [0.1, 0.15) is 16.8 Å². The molecule has 0 aliphatic heterocycles. The average molecular weight is 751 g/mol. The molecule has 0 spiro atoms. The van der Waals surface area contributed by atoms with E-state index in [4.69, 9.17) is 14.4 Å². The average Bonchev–Trinajstić information content (AvgIpc) is 4.03. The largest absolute Gasteiger partial charge is 0.452 e. The molecular formula is C54H30N4O. The van der Waals surface area contributed by atoms with Crippen molar-refractivity contribution in [1.82, 2.24) is 18.9 Å². The van der Waals surface area contributed by atoms with Gasteiger partial charge in [0.05, 0.1) is 33.3 Å². The number of nitrogens with zero attached hydrogens (tertiary/aromatic N) is 4. The highest BCUT2D eigenvalue weighted by atomic mass is 16.3. The molecule has 5 nitrogen and oxygen atoms in total. The Kier molecular flexibility index (Phi) is 5.96. The highest BCUT2D eigenvalue weighted by molar-refractivity contribution is 6.33. The first-order valence-electron chi connectivity index (χ1n) is 20.1. The van der Waals surface area contributed by atoms with Gasteiger partial charge in [-0.05, 0) is 70.8 Å². The van der Waals surface area contributed by atoms with Crippen LogP contribution in [0.4, 0.5) is 0 Å². The predicted octanol–water partition coefficient (Wildman–Crippen LogP) is 14.3. The van der Waals surface area contributed by atoms with E-state index in [1.807, 2.05) is 36.4 Å². The van der Waals surface area contributed by atoms with E-state index in [1.54, 1.807) is 0 Å². The third kappa shape index (κ3) is 4.08. The van der Waals surface area contributed by atoms with Crippen molar-refractivity contribution in [3.63, 3.8) is 0 Å². The quantitative estimate of drug-likeness (QED) is 0.181. The maximum Gasteiger partial charge on any atom is 0.180 e. The molecule has 0 aliphatic carbocycles. The summed E-state index contributed by atoms with van der Waals surface area (Å²) in [6.07, 6.45) is 0. The molecule has 0 bridgehead atoms. The molecule has 0 unspecified atom stereocenters. The SMILES string of the molecule is c1ccc(-c2nc(-c3ccc(-n4c5cc6ccccc6cc5c5c6c7cccc8c9ccccc9n(c6ccc54)c87)c4ccccc34)nc3c2oc2ccccc23)cc1. The Balaban J connectivity index is 1.09. The van der Waals surface area contributed by atoms with Crippen molar-refractivity contribution in [2.24, 2.45) is 0 Å². The Hall–Kier alpha value is -8.02. The summed E-state index contributed by atoms with van der Waals surface area (Å²) >= 11 is 0. The van der Waals surface area contributed by atoms with Crippen LogP contribution in [0.15, 0.2) is 186 Å². The van der Waals surface area contributed by atoms with Crippen LogP contribution in [0.5, 0.6) is 0 Å². The van der Waals surface area contributed by atoms with Gasteiger partial charge in [0.15, 0.2) is 11.4 Å². The number of rotatable bonds is 3. The molecule has 0 atom stereocenters. The van der Waals surface area contributed by atoms with Crippen LogP contribution in [0.1, 0.15) is 0 Å². The number of aromatic nitrogens is 4. The van der Waals surface area contributed by atoms with Gasteiger partial charge in [-0.15, -0.1) is 0 Å². The van der Waals surface area contributed by atoms with Crippen molar-refractivity contribution < 1.29 is 4.42 Å². The van der Waals surface area contributed by atoms with Gasteiger partial charge in [-0.3, -0.25) is 0 Å². The van der Waals surface area contributed by atoms with E-state index in [-0.39, 0.29) is 0 Å². The Morgan fingerprint density at radius 2 is 1.10 bits per heavy atom. The summed E-state index contributed by atoms with van der Waals surface area (Å²) in [7, 11) is 0. The normalized spacial score (nSPS) is 12.4. The third-order valence-corrected chi connectivity index (χ3v) is 12.6. The second-order valence-electron chi connectivity index (χ2n) is 15.7. The second-order valence-corrected chi connectivity index (χ2v) is 15.7. The zero-order valence-corrected chi connectivity index (χ0v) is 31.5. The van der Waals surface area contributed by atoms with Crippen LogP contribution >= 0.6 is 0 Å². The molecule has 0 amide bonds. The summed E-state index contributed by atoms with van der Waals surface area (Å²) in [6, 6.07) is 65.3. The van der Waals surface area contributed by atoms with Crippen LogP contribution in [0, 0.1) is 0 Å². The van der Waals surface area contributed by atoms with E-state index in [9.17, 15) is 0 Å². The lowest BCUT2D eigenvalue weighted by molar-refractivity contribution is 0.667. The lowest BCUT2D eigenvalue weighted by Gasteiger charge is -2.15. The molecule has 0 fully saturated rings. The van der Waals surface area contributed by atoms with Gasteiger partial charge in [0.25, 0.3) is 0 Å². The number of furan rings is 1. The highest BCUT2D eigenvalue weighted by Gasteiger charge is 2.25. The minimum Gasteiger partial charge on any atom is -0.452 e. The molecule has 0 N–H and O–H groups in total. The minimum absolute atomic E-state index is 0.666. The highest BCUT2D eigenvalue weighted by Crippen LogP contribution is 2.47. The first-order valence-corrected chi connectivity index (χ1v) is 20.1. The number of hydrogen-bond acceptors (Lipinski definition) is 3. The van der Waals surface area contributed by atoms with Crippen LogP contribution in [0.25, 0.3) is 132 Å². The molecule has 0 saturated heterocycles. The maximum atomic E-state index is 6.45. The van der Waals surface area contributed by atoms with Gasteiger partial charge in [0.2, 0.25) is 0 Å². The molecular weight excluding hydrogens is 721 g/mol. The molecule has 0 saturated carbocycles.